The van der Waals surface area contributed by atoms with E-state index in [0.29, 0.717) is 17.1 Å². The zero-order chi connectivity index (χ0) is 19.3. The van der Waals surface area contributed by atoms with E-state index in [1.54, 1.807) is 30.2 Å². The van der Waals surface area contributed by atoms with Crippen molar-refractivity contribution in [2.75, 3.05) is 12.3 Å². The number of pyridine rings is 2. The molecule has 4 heterocycles. The number of hydrogen-bond acceptors (Lipinski definition) is 6. The van der Waals surface area contributed by atoms with Crippen molar-refractivity contribution in [3.8, 4) is 0 Å². The average molecular weight is 411 g/mol. The zero-order valence-electron chi connectivity index (χ0n) is 15.0. The van der Waals surface area contributed by atoms with Crippen molar-refractivity contribution in [3.63, 3.8) is 0 Å². The van der Waals surface area contributed by atoms with Crippen molar-refractivity contribution in [2.24, 2.45) is 0 Å². The van der Waals surface area contributed by atoms with E-state index in [-0.39, 0.29) is 11.1 Å². The van der Waals surface area contributed by atoms with E-state index in [0.717, 1.165) is 41.0 Å². The smallest absolute Gasteiger partial charge is 0.293 e. The third kappa shape index (κ3) is 4.13. The maximum atomic E-state index is 12.5. The summed E-state index contributed by atoms with van der Waals surface area (Å²) in [6, 6.07) is 11.5. The molecule has 1 fully saturated rings. The molecule has 0 spiro atoms. The summed E-state index contributed by atoms with van der Waals surface area (Å²) < 4.78 is 2.06. The largest absolute Gasteiger partial charge is 0.294 e. The molecule has 142 valence electrons. The van der Waals surface area contributed by atoms with Crippen LogP contribution in [-0.2, 0) is 4.79 Å². The van der Waals surface area contributed by atoms with Crippen molar-refractivity contribution in [2.45, 2.75) is 17.9 Å². The highest BCUT2D eigenvalue weighted by atomic mass is 32.2. The molecular formula is C20H18N4O2S2. The lowest BCUT2D eigenvalue weighted by Gasteiger charge is -2.12. The number of aromatic nitrogens is 3. The fourth-order valence-corrected chi connectivity index (χ4v) is 4.75. The van der Waals surface area contributed by atoms with E-state index in [4.69, 9.17) is 0 Å². The SMILES string of the molecule is O=C1SC(=Cc2ccccn2)C(=O)N1CCCCSc1cccc2nccn12. The maximum absolute atomic E-state index is 12.5. The van der Waals surface area contributed by atoms with Crippen molar-refractivity contribution >= 4 is 46.4 Å². The second-order valence-corrected chi connectivity index (χ2v) is 8.27. The van der Waals surface area contributed by atoms with Crippen LogP contribution in [0.4, 0.5) is 4.79 Å². The highest BCUT2D eigenvalue weighted by Crippen LogP contribution is 2.32. The van der Waals surface area contributed by atoms with Crippen LogP contribution in [0.3, 0.4) is 0 Å². The molecule has 8 heteroatoms. The predicted molar refractivity (Wildman–Crippen MR) is 112 cm³/mol. The minimum absolute atomic E-state index is 0.206. The summed E-state index contributed by atoms with van der Waals surface area (Å²) in [6.45, 7) is 0.445. The third-order valence-corrected chi connectivity index (χ3v) is 6.29. The number of nitrogens with zero attached hydrogens (tertiary/aromatic N) is 4. The topological polar surface area (TPSA) is 67.6 Å². The predicted octanol–water partition coefficient (Wildman–Crippen LogP) is 4.34. The number of thioether (sulfide) groups is 2. The molecule has 0 radical (unpaired) electrons. The lowest BCUT2D eigenvalue weighted by atomic mass is 10.3. The van der Waals surface area contributed by atoms with Gasteiger partial charge in [-0.2, -0.15) is 0 Å². The van der Waals surface area contributed by atoms with E-state index in [1.807, 2.05) is 36.5 Å². The second-order valence-electron chi connectivity index (χ2n) is 6.16. The molecule has 3 aromatic heterocycles. The fourth-order valence-electron chi connectivity index (χ4n) is 2.88. The van der Waals surface area contributed by atoms with Gasteiger partial charge < -0.3 is 0 Å². The molecule has 0 aliphatic carbocycles. The molecule has 0 bridgehead atoms. The van der Waals surface area contributed by atoms with E-state index in [2.05, 4.69) is 20.4 Å². The fraction of sp³-hybridized carbons (Fsp3) is 0.200. The Balaban J connectivity index is 1.28. The van der Waals surface area contributed by atoms with Gasteiger partial charge >= 0.3 is 0 Å². The van der Waals surface area contributed by atoms with Gasteiger partial charge in [-0.15, -0.1) is 11.8 Å². The normalized spacial score (nSPS) is 15.9. The summed E-state index contributed by atoms with van der Waals surface area (Å²) in [7, 11) is 0. The Labute approximate surface area is 171 Å². The van der Waals surface area contributed by atoms with Gasteiger partial charge in [-0.25, -0.2) is 4.98 Å². The van der Waals surface area contributed by atoms with E-state index in [1.165, 1.54) is 4.90 Å². The summed E-state index contributed by atoms with van der Waals surface area (Å²) in [5.41, 5.74) is 1.61. The molecule has 0 saturated carbocycles. The van der Waals surface area contributed by atoms with E-state index >= 15 is 0 Å². The molecule has 1 aliphatic rings. The minimum Gasteiger partial charge on any atom is -0.294 e. The van der Waals surface area contributed by atoms with Crippen LogP contribution in [0.15, 0.2) is 64.9 Å². The highest BCUT2D eigenvalue weighted by Gasteiger charge is 2.34. The summed E-state index contributed by atoms with van der Waals surface area (Å²) in [4.78, 5) is 34.9. The molecule has 0 unspecified atom stereocenters. The van der Waals surface area contributed by atoms with Crippen molar-refractivity contribution in [1.29, 1.82) is 0 Å². The molecule has 0 aromatic carbocycles. The van der Waals surface area contributed by atoms with Crippen LogP contribution >= 0.6 is 23.5 Å². The Hall–Kier alpha value is -2.58. The van der Waals surface area contributed by atoms with Gasteiger partial charge in [0.1, 0.15) is 5.65 Å². The van der Waals surface area contributed by atoms with Gasteiger partial charge in [-0.05, 0) is 60.7 Å². The molecule has 28 heavy (non-hydrogen) atoms. The number of hydrogen-bond donors (Lipinski definition) is 0. The summed E-state index contributed by atoms with van der Waals surface area (Å²) in [6.07, 6.45) is 8.77. The number of rotatable bonds is 7. The minimum atomic E-state index is -0.225. The van der Waals surface area contributed by atoms with Crippen LogP contribution in [0.25, 0.3) is 11.7 Å². The first-order valence-corrected chi connectivity index (χ1v) is 10.7. The number of carbonyl (C=O) groups excluding carboxylic acids is 2. The summed E-state index contributed by atoms with van der Waals surface area (Å²) >= 11 is 2.73. The van der Waals surface area contributed by atoms with Gasteiger partial charge in [0.05, 0.1) is 15.6 Å². The molecule has 4 rings (SSSR count). The molecule has 1 aliphatic heterocycles. The van der Waals surface area contributed by atoms with Crippen molar-refractivity contribution in [1.82, 2.24) is 19.3 Å². The summed E-state index contributed by atoms with van der Waals surface area (Å²) in [5, 5.41) is 0.933. The van der Waals surface area contributed by atoms with E-state index < -0.39 is 0 Å². The quantitative estimate of drug-likeness (QED) is 0.328. The number of carbonyl (C=O) groups is 2. The molecule has 2 amide bonds. The number of imide groups is 1. The van der Waals surface area contributed by atoms with Crippen LogP contribution in [-0.4, -0.2) is 42.7 Å². The van der Waals surface area contributed by atoms with Gasteiger partial charge in [0.2, 0.25) is 0 Å². The molecule has 3 aromatic rings. The van der Waals surface area contributed by atoms with Gasteiger partial charge in [0.15, 0.2) is 0 Å². The van der Waals surface area contributed by atoms with Crippen LogP contribution in [0.2, 0.25) is 0 Å². The number of unbranched alkanes of at least 4 members (excludes halogenated alkanes) is 1. The Kier molecular flexibility index (Phi) is 5.78. The number of fused-ring (bicyclic) bond motifs is 1. The van der Waals surface area contributed by atoms with Crippen LogP contribution in [0.5, 0.6) is 0 Å². The molecule has 1 saturated heterocycles. The third-order valence-electron chi connectivity index (χ3n) is 4.26. The van der Waals surface area contributed by atoms with Crippen molar-refractivity contribution in [3.05, 3.63) is 65.6 Å². The van der Waals surface area contributed by atoms with E-state index in [9.17, 15) is 9.59 Å². The standard InChI is InChI=1S/C20H18N4O2S2/c25-19-16(14-15-6-1-2-9-21-15)28-20(26)24(19)11-3-4-13-27-18-8-5-7-17-22-10-12-23(17)18/h1-2,5-10,12,14H,3-4,11,13H2. The molecule has 0 atom stereocenters. The van der Waals surface area contributed by atoms with Gasteiger partial charge in [-0.3, -0.25) is 23.9 Å². The first-order chi connectivity index (χ1) is 13.7. The number of imidazole rings is 1. The van der Waals surface area contributed by atoms with Gasteiger partial charge in [-0.1, -0.05) is 12.1 Å². The van der Waals surface area contributed by atoms with Crippen molar-refractivity contribution < 1.29 is 9.59 Å². The molecule has 0 N–H and O–H groups in total. The summed E-state index contributed by atoms with van der Waals surface area (Å²) in [5.74, 6) is 0.689. The van der Waals surface area contributed by atoms with Crippen LogP contribution in [0.1, 0.15) is 18.5 Å². The average Bonchev–Trinajstić information content (AvgIpc) is 3.29. The van der Waals surface area contributed by atoms with Crippen LogP contribution in [0, 0.1) is 0 Å². The van der Waals surface area contributed by atoms with Gasteiger partial charge in [0, 0.05) is 25.1 Å². The van der Waals surface area contributed by atoms with Crippen LogP contribution < -0.4 is 0 Å². The molecular weight excluding hydrogens is 392 g/mol. The first-order valence-electron chi connectivity index (χ1n) is 8.94. The van der Waals surface area contributed by atoms with Gasteiger partial charge in [0.25, 0.3) is 11.1 Å². The molecule has 6 nitrogen and oxygen atoms in total. The number of amides is 2. The Bertz CT molecular complexity index is 1030. The maximum Gasteiger partial charge on any atom is 0.293 e. The second kappa shape index (κ2) is 8.62. The lowest BCUT2D eigenvalue weighted by molar-refractivity contribution is -0.122. The zero-order valence-corrected chi connectivity index (χ0v) is 16.7. The Morgan fingerprint density at radius 1 is 1.04 bits per heavy atom. The Morgan fingerprint density at radius 3 is 2.82 bits per heavy atom. The first kappa shape index (κ1) is 18.8. The Morgan fingerprint density at radius 2 is 1.96 bits per heavy atom. The lowest BCUT2D eigenvalue weighted by Crippen LogP contribution is -2.29. The highest BCUT2D eigenvalue weighted by molar-refractivity contribution is 8.18. The monoisotopic (exact) mass is 410 g/mol.